The number of hydrogen-bond donors (Lipinski definition) is 3. The quantitative estimate of drug-likeness (QED) is 0.776. The maximum atomic E-state index is 12.0. The van der Waals surface area contributed by atoms with Crippen LogP contribution >= 0.6 is 0 Å². The second-order valence-corrected chi connectivity index (χ2v) is 5.66. The van der Waals surface area contributed by atoms with Crippen molar-refractivity contribution >= 4 is 23.4 Å². The largest absolute Gasteiger partial charge is 0.481 e. The topological polar surface area (TPSA) is 81.7 Å². The summed E-state index contributed by atoms with van der Waals surface area (Å²) < 4.78 is 0. The second-order valence-electron chi connectivity index (χ2n) is 5.66. The molecule has 0 heterocycles. The zero-order chi connectivity index (χ0) is 15.5. The van der Waals surface area contributed by atoms with Gasteiger partial charge in [0.05, 0.1) is 16.8 Å². The normalized spacial score (nSPS) is 15.7. The molecule has 0 aliphatic heterocycles. The molecule has 0 bridgehead atoms. The summed E-state index contributed by atoms with van der Waals surface area (Å²) in [5, 5.41) is 14.7. The average molecular weight is 291 g/mol. The molecule has 0 atom stereocenters. The zero-order valence-electron chi connectivity index (χ0n) is 12.3. The van der Waals surface area contributed by atoms with Gasteiger partial charge in [-0.25, -0.2) is 4.79 Å². The number of benzene rings is 1. The number of carbonyl (C=O) groups is 2. The second kappa shape index (κ2) is 6.03. The number of hydrogen-bond acceptors (Lipinski definition) is 3. The lowest BCUT2D eigenvalue weighted by Crippen LogP contribution is -2.48. The summed E-state index contributed by atoms with van der Waals surface area (Å²) in [6, 6.07) is 7.07. The Morgan fingerprint density at radius 1 is 1.29 bits per heavy atom. The number of urea groups is 1. The Labute approximate surface area is 124 Å². The summed E-state index contributed by atoms with van der Waals surface area (Å²) in [5.41, 5.74) is 0.806. The van der Waals surface area contributed by atoms with Crippen LogP contribution in [0.5, 0.6) is 0 Å². The molecule has 0 spiro atoms. The lowest BCUT2D eigenvalue weighted by molar-refractivity contribution is -0.153. The third kappa shape index (κ3) is 3.26. The van der Waals surface area contributed by atoms with E-state index in [4.69, 9.17) is 0 Å². The van der Waals surface area contributed by atoms with E-state index in [-0.39, 0.29) is 12.6 Å². The lowest BCUT2D eigenvalue weighted by atomic mass is 9.69. The third-order valence-electron chi connectivity index (χ3n) is 3.99. The zero-order valence-corrected chi connectivity index (χ0v) is 12.3. The molecule has 1 aromatic carbocycles. The minimum absolute atomic E-state index is 0.165. The Kier molecular flexibility index (Phi) is 4.35. The van der Waals surface area contributed by atoms with Crippen LogP contribution in [0.2, 0.25) is 0 Å². The molecule has 1 fully saturated rings. The lowest BCUT2D eigenvalue weighted by Gasteiger charge is -2.37. The van der Waals surface area contributed by atoms with Gasteiger partial charge in [0, 0.05) is 20.6 Å². The van der Waals surface area contributed by atoms with Crippen molar-refractivity contribution < 1.29 is 14.7 Å². The number of nitrogens with one attached hydrogen (secondary N) is 2. The Morgan fingerprint density at radius 2 is 1.95 bits per heavy atom. The molecule has 3 N–H and O–H groups in total. The Bertz CT molecular complexity index is 539. The number of anilines is 2. The van der Waals surface area contributed by atoms with Gasteiger partial charge < -0.3 is 20.6 Å². The van der Waals surface area contributed by atoms with E-state index in [9.17, 15) is 14.7 Å². The van der Waals surface area contributed by atoms with Crippen LogP contribution in [0.4, 0.5) is 16.2 Å². The molecule has 6 nitrogen and oxygen atoms in total. The van der Waals surface area contributed by atoms with Crippen LogP contribution in [-0.4, -0.2) is 37.7 Å². The average Bonchev–Trinajstić information content (AvgIpc) is 2.37. The summed E-state index contributed by atoms with van der Waals surface area (Å²) in [4.78, 5) is 25.1. The number of aliphatic carboxylic acids is 1. The number of nitrogens with zero attached hydrogens (tertiary/aromatic N) is 1. The molecule has 0 radical (unpaired) electrons. The maximum Gasteiger partial charge on any atom is 0.319 e. The number of rotatable bonds is 5. The summed E-state index contributed by atoms with van der Waals surface area (Å²) in [6.07, 6.45) is 2.15. The van der Waals surface area contributed by atoms with E-state index in [1.807, 2.05) is 43.3 Å². The van der Waals surface area contributed by atoms with Gasteiger partial charge in [0.1, 0.15) is 0 Å². The molecule has 1 aromatic rings. The van der Waals surface area contributed by atoms with Gasteiger partial charge in [0.2, 0.25) is 0 Å². The first-order chi connectivity index (χ1) is 9.94. The van der Waals surface area contributed by atoms with Crippen LogP contribution in [0.15, 0.2) is 24.3 Å². The fourth-order valence-corrected chi connectivity index (χ4v) is 2.46. The molecule has 6 heteroatoms. The highest BCUT2D eigenvalue weighted by Gasteiger charge is 2.44. The predicted octanol–water partition coefficient (Wildman–Crippen LogP) is 2.13. The SMILES string of the molecule is CN(C)c1ccccc1NC(=O)NCC1(C(=O)O)CCC1. The third-order valence-corrected chi connectivity index (χ3v) is 3.99. The Balaban J connectivity index is 1.95. The van der Waals surface area contributed by atoms with E-state index in [1.165, 1.54) is 0 Å². The van der Waals surface area contributed by atoms with E-state index in [2.05, 4.69) is 10.6 Å². The highest BCUT2D eigenvalue weighted by Crippen LogP contribution is 2.40. The summed E-state index contributed by atoms with van der Waals surface area (Å²) in [5.74, 6) is -0.831. The fourth-order valence-electron chi connectivity index (χ4n) is 2.46. The summed E-state index contributed by atoms with van der Waals surface area (Å²) in [6.45, 7) is 0.165. The van der Waals surface area contributed by atoms with Crippen molar-refractivity contribution in [2.45, 2.75) is 19.3 Å². The molecule has 1 aliphatic carbocycles. The highest BCUT2D eigenvalue weighted by atomic mass is 16.4. The van der Waals surface area contributed by atoms with E-state index in [0.717, 1.165) is 12.1 Å². The van der Waals surface area contributed by atoms with Crippen molar-refractivity contribution in [1.82, 2.24) is 5.32 Å². The van der Waals surface area contributed by atoms with E-state index < -0.39 is 11.4 Å². The highest BCUT2D eigenvalue weighted by molar-refractivity contribution is 5.93. The number of carbonyl (C=O) groups excluding carboxylic acids is 1. The minimum Gasteiger partial charge on any atom is -0.481 e. The smallest absolute Gasteiger partial charge is 0.319 e. The minimum atomic E-state index is -0.831. The Morgan fingerprint density at radius 3 is 2.48 bits per heavy atom. The molecule has 0 saturated heterocycles. The van der Waals surface area contributed by atoms with Gasteiger partial charge in [-0.15, -0.1) is 0 Å². The van der Waals surface area contributed by atoms with Crippen LogP contribution < -0.4 is 15.5 Å². The predicted molar refractivity (Wildman–Crippen MR) is 81.7 cm³/mol. The van der Waals surface area contributed by atoms with Crippen LogP contribution in [0.3, 0.4) is 0 Å². The van der Waals surface area contributed by atoms with Crippen LogP contribution in [0, 0.1) is 5.41 Å². The first-order valence-electron chi connectivity index (χ1n) is 6.99. The van der Waals surface area contributed by atoms with Crippen molar-refractivity contribution in [3.05, 3.63) is 24.3 Å². The fraction of sp³-hybridized carbons (Fsp3) is 0.467. The van der Waals surface area contributed by atoms with Gasteiger partial charge in [0.25, 0.3) is 0 Å². The van der Waals surface area contributed by atoms with E-state index in [1.54, 1.807) is 0 Å². The van der Waals surface area contributed by atoms with Gasteiger partial charge in [-0.1, -0.05) is 18.6 Å². The standard InChI is InChI=1S/C15H21N3O3/c1-18(2)12-7-4-3-6-11(12)17-14(21)16-10-15(13(19)20)8-5-9-15/h3-4,6-7H,5,8-10H2,1-2H3,(H,19,20)(H2,16,17,21). The van der Waals surface area contributed by atoms with Crippen molar-refractivity contribution in [1.29, 1.82) is 0 Å². The molecule has 0 aromatic heterocycles. The van der Waals surface area contributed by atoms with E-state index >= 15 is 0 Å². The molecule has 21 heavy (non-hydrogen) atoms. The monoisotopic (exact) mass is 291 g/mol. The van der Waals surface area contributed by atoms with E-state index in [0.29, 0.717) is 18.5 Å². The van der Waals surface area contributed by atoms with Gasteiger partial charge >= 0.3 is 12.0 Å². The van der Waals surface area contributed by atoms with Gasteiger partial charge in [-0.05, 0) is 25.0 Å². The summed E-state index contributed by atoms with van der Waals surface area (Å²) in [7, 11) is 3.79. The number of carboxylic acid groups (broad SMARTS) is 1. The number of carboxylic acids is 1. The van der Waals surface area contributed by atoms with Crippen LogP contribution in [0.25, 0.3) is 0 Å². The molecule has 0 unspecified atom stereocenters. The van der Waals surface area contributed by atoms with Gasteiger partial charge in [0.15, 0.2) is 0 Å². The molecule has 114 valence electrons. The number of amides is 2. The van der Waals surface area contributed by atoms with Crippen molar-refractivity contribution in [3.63, 3.8) is 0 Å². The first-order valence-corrected chi connectivity index (χ1v) is 6.99. The van der Waals surface area contributed by atoms with Crippen LogP contribution in [-0.2, 0) is 4.79 Å². The molecular formula is C15H21N3O3. The molecule has 2 rings (SSSR count). The van der Waals surface area contributed by atoms with Crippen molar-refractivity contribution in [2.24, 2.45) is 5.41 Å². The maximum absolute atomic E-state index is 12.0. The molecular weight excluding hydrogens is 270 g/mol. The van der Waals surface area contributed by atoms with Crippen molar-refractivity contribution in [2.75, 3.05) is 30.9 Å². The molecule has 2 amide bonds. The molecule has 1 saturated carbocycles. The van der Waals surface area contributed by atoms with Gasteiger partial charge in [-0.2, -0.15) is 0 Å². The number of para-hydroxylation sites is 2. The van der Waals surface area contributed by atoms with Crippen molar-refractivity contribution in [3.8, 4) is 0 Å². The Hall–Kier alpha value is -2.24. The first kappa shape index (κ1) is 15.2. The molecule has 1 aliphatic rings. The van der Waals surface area contributed by atoms with Gasteiger partial charge in [-0.3, -0.25) is 4.79 Å². The van der Waals surface area contributed by atoms with Crippen LogP contribution in [0.1, 0.15) is 19.3 Å². The summed E-state index contributed by atoms with van der Waals surface area (Å²) >= 11 is 0.